The summed E-state index contributed by atoms with van der Waals surface area (Å²) in [6, 6.07) is 8.35. The average molecular weight is 394 g/mol. The summed E-state index contributed by atoms with van der Waals surface area (Å²) in [5.41, 5.74) is 1.07. The van der Waals surface area contributed by atoms with E-state index in [2.05, 4.69) is 10.0 Å². The van der Waals surface area contributed by atoms with Crippen LogP contribution in [0.1, 0.15) is 12.0 Å². The Kier molecular flexibility index (Phi) is 5.62. The van der Waals surface area contributed by atoms with Gasteiger partial charge in [0.15, 0.2) is 11.5 Å². The molecular formula is C18H19FN2O5S. The van der Waals surface area contributed by atoms with Gasteiger partial charge >= 0.3 is 0 Å². The summed E-state index contributed by atoms with van der Waals surface area (Å²) in [7, 11) is -3.79. The quantitative estimate of drug-likeness (QED) is 0.784. The summed E-state index contributed by atoms with van der Waals surface area (Å²) in [6.45, 7) is 2.36. The highest BCUT2D eigenvalue weighted by molar-refractivity contribution is 7.89. The minimum atomic E-state index is -3.79. The molecule has 0 aliphatic carbocycles. The van der Waals surface area contributed by atoms with Gasteiger partial charge in [-0.1, -0.05) is 0 Å². The molecule has 2 aromatic rings. The first-order chi connectivity index (χ1) is 12.8. The molecule has 1 aliphatic heterocycles. The summed E-state index contributed by atoms with van der Waals surface area (Å²) >= 11 is 0. The van der Waals surface area contributed by atoms with Crippen LogP contribution in [0.15, 0.2) is 41.3 Å². The van der Waals surface area contributed by atoms with Gasteiger partial charge in [0.2, 0.25) is 15.9 Å². The Balaban J connectivity index is 1.56. The second-order valence-corrected chi connectivity index (χ2v) is 7.73. The van der Waals surface area contributed by atoms with Gasteiger partial charge in [0, 0.05) is 24.7 Å². The van der Waals surface area contributed by atoms with Crippen molar-refractivity contribution in [3.05, 3.63) is 47.8 Å². The highest BCUT2D eigenvalue weighted by Crippen LogP contribution is 2.32. The molecular weight excluding hydrogens is 375 g/mol. The van der Waals surface area contributed by atoms with Crippen molar-refractivity contribution in [2.24, 2.45) is 0 Å². The number of anilines is 1. The molecule has 9 heteroatoms. The van der Waals surface area contributed by atoms with E-state index in [9.17, 15) is 17.6 Å². The molecule has 0 radical (unpaired) electrons. The Morgan fingerprint density at radius 1 is 1.11 bits per heavy atom. The molecule has 3 rings (SSSR count). The van der Waals surface area contributed by atoms with Gasteiger partial charge in [-0.15, -0.1) is 0 Å². The first-order valence-electron chi connectivity index (χ1n) is 8.30. The number of hydrogen-bond donors (Lipinski definition) is 2. The highest BCUT2D eigenvalue weighted by atomic mass is 32.2. The average Bonchev–Trinajstić information content (AvgIpc) is 2.63. The van der Waals surface area contributed by atoms with Gasteiger partial charge in [0.1, 0.15) is 19.0 Å². The number of carbonyl (C=O) groups is 1. The molecule has 7 nitrogen and oxygen atoms in total. The van der Waals surface area contributed by atoms with Crippen LogP contribution in [-0.2, 0) is 14.8 Å². The molecule has 0 spiro atoms. The van der Waals surface area contributed by atoms with Crippen molar-refractivity contribution in [2.75, 3.05) is 25.1 Å². The number of halogens is 1. The molecule has 0 saturated carbocycles. The smallest absolute Gasteiger partial charge is 0.240 e. The molecule has 0 unspecified atom stereocenters. The normalized spacial score (nSPS) is 13.3. The molecule has 0 fully saturated rings. The third kappa shape index (κ3) is 4.75. The molecule has 0 atom stereocenters. The molecule has 144 valence electrons. The maximum absolute atomic E-state index is 13.1. The summed E-state index contributed by atoms with van der Waals surface area (Å²) in [6.07, 6.45) is -0.0689. The van der Waals surface area contributed by atoms with Crippen molar-refractivity contribution in [3.63, 3.8) is 0 Å². The standard InChI is InChI=1S/C18H19FN2O5S/c1-12-10-13(19)2-4-15(12)21-18(22)6-7-20-27(23,24)14-3-5-16-17(11-14)26-9-8-25-16/h2-5,10-11,20H,6-9H2,1H3,(H,21,22). The topological polar surface area (TPSA) is 93.7 Å². The SMILES string of the molecule is Cc1cc(F)ccc1NC(=O)CCNS(=O)(=O)c1ccc2c(c1)OCCO2. The van der Waals surface area contributed by atoms with Crippen LogP contribution in [0.2, 0.25) is 0 Å². The van der Waals surface area contributed by atoms with Gasteiger partial charge in [0.25, 0.3) is 0 Å². The molecule has 1 aliphatic rings. The second-order valence-electron chi connectivity index (χ2n) is 5.96. The van der Waals surface area contributed by atoms with Crippen molar-refractivity contribution in [1.29, 1.82) is 0 Å². The fourth-order valence-electron chi connectivity index (χ4n) is 2.55. The summed E-state index contributed by atoms with van der Waals surface area (Å²) in [5, 5.41) is 2.63. The van der Waals surface area contributed by atoms with Crippen LogP contribution in [0.5, 0.6) is 11.5 Å². The van der Waals surface area contributed by atoms with Crippen LogP contribution >= 0.6 is 0 Å². The van der Waals surface area contributed by atoms with Gasteiger partial charge in [-0.25, -0.2) is 17.5 Å². The third-order valence-electron chi connectivity index (χ3n) is 3.93. The second kappa shape index (κ2) is 7.93. The van der Waals surface area contributed by atoms with Crippen molar-refractivity contribution >= 4 is 21.6 Å². The molecule has 1 heterocycles. The molecule has 2 N–H and O–H groups in total. The first kappa shape index (κ1) is 19.1. The van der Waals surface area contributed by atoms with E-state index >= 15 is 0 Å². The number of fused-ring (bicyclic) bond motifs is 1. The molecule has 1 amide bonds. The Morgan fingerprint density at radius 3 is 2.59 bits per heavy atom. The van der Waals surface area contributed by atoms with E-state index in [1.165, 1.54) is 36.4 Å². The zero-order chi connectivity index (χ0) is 19.4. The lowest BCUT2D eigenvalue weighted by Gasteiger charge is -2.18. The number of carbonyl (C=O) groups excluding carboxylic acids is 1. The largest absolute Gasteiger partial charge is 0.486 e. The zero-order valence-corrected chi connectivity index (χ0v) is 15.4. The minimum absolute atomic E-state index is 0.0292. The number of sulfonamides is 1. The molecule has 0 aromatic heterocycles. The lowest BCUT2D eigenvalue weighted by Crippen LogP contribution is -2.28. The van der Waals surface area contributed by atoms with Crippen molar-refractivity contribution < 1.29 is 27.1 Å². The fourth-order valence-corrected chi connectivity index (χ4v) is 3.60. The van der Waals surface area contributed by atoms with Crippen molar-refractivity contribution in [3.8, 4) is 11.5 Å². The number of amides is 1. The van der Waals surface area contributed by atoms with E-state index < -0.39 is 15.8 Å². The predicted octanol–water partition coefficient (Wildman–Crippen LogP) is 2.21. The minimum Gasteiger partial charge on any atom is -0.486 e. The molecule has 0 saturated heterocycles. The van der Waals surface area contributed by atoms with Crippen LogP contribution in [0.3, 0.4) is 0 Å². The Morgan fingerprint density at radius 2 is 1.85 bits per heavy atom. The Labute approximate surface area is 156 Å². The van der Waals surface area contributed by atoms with Crippen LogP contribution < -0.4 is 19.5 Å². The summed E-state index contributed by atoms with van der Waals surface area (Å²) in [5.74, 6) is 0.0927. The number of aryl methyl sites for hydroxylation is 1. The number of benzene rings is 2. The van der Waals surface area contributed by atoms with E-state index in [0.717, 1.165) is 0 Å². The van der Waals surface area contributed by atoms with Gasteiger partial charge in [-0.2, -0.15) is 0 Å². The Bertz CT molecular complexity index is 962. The lowest BCUT2D eigenvalue weighted by molar-refractivity contribution is -0.116. The van der Waals surface area contributed by atoms with Crippen molar-refractivity contribution in [2.45, 2.75) is 18.2 Å². The maximum Gasteiger partial charge on any atom is 0.240 e. The van der Waals surface area contributed by atoms with Crippen molar-refractivity contribution in [1.82, 2.24) is 4.72 Å². The molecule has 2 aromatic carbocycles. The number of nitrogens with one attached hydrogen (secondary N) is 2. The number of hydrogen-bond acceptors (Lipinski definition) is 5. The van der Waals surface area contributed by atoms with E-state index in [-0.39, 0.29) is 23.8 Å². The summed E-state index contributed by atoms with van der Waals surface area (Å²) in [4.78, 5) is 12.0. The number of rotatable bonds is 6. The first-order valence-corrected chi connectivity index (χ1v) is 9.79. The van der Waals surface area contributed by atoms with Gasteiger partial charge in [-0.05, 0) is 42.8 Å². The monoisotopic (exact) mass is 394 g/mol. The lowest BCUT2D eigenvalue weighted by atomic mass is 10.2. The zero-order valence-electron chi connectivity index (χ0n) is 14.6. The summed E-state index contributed by atoms with van der Waals surface area (Å²) < 4.78 is 50.9. The van der Waals surface area contributed by atoms with E-state index in [0.29, 0.717) is 36.0 Å². The fraction of sp³-hybridized carbons (Fsp3) is 0.278. The highest BCUT2D eigenvalue weighted by Gasteiger charge is 2.19. The van der Waals surface area contributed by atoms with E-state index in [1.54, 1.807) is 6.92 Å². The van der Waals surface area contributed by atoms with Gasteiger partial charge < -0.3 is 14.8 Å². The number of ether oxygens (including phenoxy) is 2. The van der Waals surface area contributed by atoms with Crippen LogP contribution in [0.4, 0.5) is 10.1 Å². The predicted molar refractivity (Wildman–Crippen MR) is 97.0 cm³/mol. The van der Waals surface area contributed by atoms with Crippen LogP contribution in [0.25, 0.3) is 0 Å². The van der Waals surface area contributed by atoms with Gasteiger partial charge in [0.05, 0.1) is 4.90 Å². The van der Waals surface area contributed by atoms with E-state index in [1.807, 2.05) is 0 Å². The maximum atomic E-state index is 13.1. The van der Waals surface area contributed by atoms with Crippen LogP contribution in [-0.4, -0.2) is 34.1 Å². The Hall–Kier alpha value is -2.65. The molecule has 27 heavy (non-hydrogen) atoms. The molecule has 0 bridgehead atoms. The third-order valence-corrected chi connectivity index (χ3v) is 5.39. The van der Waals surface area contributed by atoms with E-state index in [4.69, 9.17) is 9.47 Å². The van der Waals surface area contributed by atoms with Crippen LogP contribution in [0, 0.1) is 12.7 Å². The van der Waals surface area contributed by atoms with Gasteiger partial charge in [-0.3, -0.25) is 4.79 Å².